The molecule has 0 aliphatic carbocycles. The van der Waals surface area contributed by atoms with Crippen LogP contribution >= 0.6 is 0 Å². The Labute approximate surface area is 113 Å². The van der Waals surface area contributed by atoms with Gasteiger partial charge in [0.15, 0.2) is 0 Å². The average molecular weight is 288 g/mol. The highest BCUT2D eigenvalue weighted by Gasteiger charge is 2.21. The molecule has 1 heterocycles. The molecule has 1 aromatic heterocycles. The van der Waals surface area contributed by atoms with Gasteiger partial charge in [0.05, 0.1) is 11.4 Å². The van der Waals surface area contributed by atoms with Crippen molar-refractivity contribution in [2.45, 2.75) is 34.1 Å². The Kier molecular flexibility index (Phi) is 4.29. The largest absolute Gasteiger partial charge is 0.477 e. The van der Waals surface area contributed by atoms with Crippen LogP contribution in [0.5, 0.6) is 0 Å². The number of hydrogen-bond donors (Lipinski definition) is 3. The summed E-state index contributed by atoms with van der Waals surface area (Å²) in [4.78, 5) is 13.6. The topological polar surface area (TPSA) is 99.3 Å². The van der Waals surface area contributed by atoms with Crippen LogP contribution in [0.4, 0.5) is 5.69 Å². The molecule has 3 N–H and O–H groups in total. The van der Waals surface area contributed by atoms with E-state index in [4.69, 9.17) is 5.11 Å². The number of rotatable bonds is 5. The van der Waals surface area contributed by atoms with Crippen LogP contribution in [0.3, 0.4) is 0 Å². The zero-order valence-electron chi connectivity index (χ0n) is 11.6. The summed E-state index contributed by atoms with van der Waals surface area (Å²) in [7, 11) is -3.54. The van der Waals surface area contributed by atoms with Gasteiger partial charge in [0.25, 0.3) is 0 Å². The number of sulfonamides is 1. The van der Waals surface area contributed by atoms with Crippen molar-refractivity contribution in [1.29, 1.82) is 0 Å². The van der Waals surface area contributed by atoms with Crippen molar-refractivity contribution in [3.05, 3.63) is 17.5 Å². The van der Waals surface area contributed by atoms with Gasteiger partial charge in [-0.05, 0) is 24.8 Å². The van der Waals surface area contributed by atoms with Crippen molar-refractivity contribution < 1.29 is 18.3 Å². The summed E-state index contributed by atoms with van der Waals surface area (Å²) in [5.41, 5.74) is 0.431. The number of carbonyl (C=O) groups is 1. The number of aromatic nitrogens is 1. The predicted octanol–water partition coefficient (Wildman–Crippen LogP) is 2.20. The Bertz CT molecular complexity index is 567. The van der Waals surface area contributed by atoms with Crippen molar-refractivity contribution in [2.75, 3.05) is 10.5 Å². The minimum atomic E-state index is -3.54. The van der Waals surface area contributed by atoms with E-state index < -0.39 is 16.0 Å². The molecule has 0 saturated carbocycles. The fraction of sp³-hybridized carbons (Fsp3) is 0.583. The monoisotopic (exact) mass is 288 g/mol. The molecule has 0 fully saturated rings. The molecule has 6 nitrogen and oxygen atoms in total. The summed E-state index contributed by atoms with van der Waals surface area (Å²) >= 11 is 0. The molecular weight excluding hydrogens is 268 g/mol. The van der Waals surface area contributed by atoms with Crippen LogP contribution in [0.2, 0.25) is 0 Å². The fourth-order valence-electron chi connectivity index (χ4n) is 1.50. The Morgan fingerprint density at radius 1 is 1.42 bits per heavy atom. The van der Waals surface area contributed by atoms with Crippen molar-refractivity contribution in [2.24, 2.45) is 5.41 Å². The fourth-order valence-corrected chi connectivity index (χ4v) is 2.98. The molecule has 1 rings (SSSR count). The van der Waals surface area contributed by atoms with Gasteiger partial charge < -0.3 is 10.1 Å². The van der Waals surface area contributed by atoms with Crippen molar-refractivity contribution in [3.8, 4) is 0 Å². The van der Waals surface area contributed by atoms with Gasteiger partial charge in [-0.15, -0.1) is 0 Å². The molecule has 0 radical (unpaired) electrons. The Hall–Kier alpha value is -1.50. The zero-order chi connectivity index (χ0) is 14.8. The van der Waals surface area contributed by atoms with Crippen molar-refractivity contribution in [3.63, 3.8) is 0 Å². The third-order valence-corrected chi connectivity index (χ3v) is 3.82. The maximum absolute atomic E-state index is 11.9. The van der Waals surface area contributed by atoms with Crippen LogP contribution in [0, 0.1) is 12.3 Å². The van der Waals surface area contributed by atoms with Gasteiger partial charge in [-0.25, -0.2) is 13.2 Å². The number of carboxylic acids is 1. The second-order valence-electron chi connectivity index (χ2n) is 5.78. The molecule has 0 spiro atoms. The number of hydrogen-bond acceptors (Lipinski definition) is 3. The second kappa shape index (κ2) is 5.24. The lowest BCUT2D eigenvalue weighted by Gasteiger charge is -2.18. The molecule has 19 heavy (non-hydrogen) atoms. The third kappa shape index (κ3) is 4.94. The highest BCUT2D eigenvalue weighted by Crippen LogP contribution is 2.22. The minimum absolute atomic E-state index is 0.0419. The van der Waals surface area contributed by atoms with Crippen LogP contribution in [-0.2, 0) is 10.0 Å². The van der Waals surface area contributed by atoms with Crippen LogP contribution in [0.15, 0.2) is 6.07 Å². The number of aromatic carboxylic acids is 1. The third-order valence-electron chi connectivity index (χ3n) is 2.55. The molecule has 0 aliphatic rings. The van der Waals surface area contributed by atoms with Crippen molar-refractivity contribution >= 4 is 21.7 Å². The van der Waals surface area contributed by atoms with E-state index in [1.807, 2.05) is 20.8 Å². The lowest BCUT2D eigenvalue weighted by Crippen LogP contribution is -2.21. The van der Waals surface area contributed by atoms with Gasteiger partial charge in [0, 0.05) is 5.69 Å². The average Bonchev–Trinajstić information content (AvgIpc) is 2.55. The van der Waals surface area contributed by atoms with E-state index in [1.165, 1.54) is 6.07 Å². The van der Waals surface area contributed by atoms with E-state index in [1.54, 1.807) is 6.92 Å². The van der Waals surface area contributed by atoms with E-state index in [0.717, 1.165) is 0 Å². The molecule has 0 aliphatic heterocycles. The molecule has 108 valence electrons. The predicted molar refractivity (Wildman–Crippen MR) is 74.0 cm³/mol. The van der Waals surface area contributed by atoms with E-state index in [0.29, 0.717) is 12.1 Å². The van der Waals surface area contributed by atoms with E-state index in [-0.39, 0.29) is 22.5 Å². The highest BCUT2D eigenvalue weighted by atomic mass is 32.2. The van der Waals surface area contributed by atoms with E-state index >= 15 is 0 Å². The quantitative estimate of drug-likeness (QED) is 0.773. The van der Waals surface area contributed by atoms with Gasteiger partial charge in [0.2, 0.25) is 10.0 Å². The number of aromatic amines is 1. The molecule has 0 saturated heterocycles. The molecule has 0 amide bonds. The van der Waals surface area contributed by atoms with E-state index in [9.17, 15) is 13.2 Å². The lowest BCUT2D eigenvalue weighted by atomic mass is 9.94. The number of aryl methyl sites for hydroxylation is 1. The highest BCUT2D eigenvalue weighted by molar-refractivity contribution is 7.92. The summed E-state index contributed by atoms with van der Waals surface area (Å²) in [5, 5.41) is 8.97. The van der Waals surface area contributed by atoms with Crippen LogP contribution in [0.1, 0.15) is 43.4 Å². The summed E-state index contributed by atoms with van der Waals surface area (Å²) < 4.78 is 26.1. The summed E-state index contributed by atoms with van der Waals surface area (Å²) in [6.45, 7) is 7.52. The Morgan fingerprint density at radius 2 is 2.00 bits per heavy atom. The summed E-state index contributed by atoms with van der Waals surface area (Å²) in [6, 6.07) is 1.47. The number of nitrogens with one attached hydrogen (secondary N) is 2. The van der Waals surface area contributed by atoms with Crippen molar-refractivity contribution in [1.82, 2.24) is 4.98 Å². The Morgan fingerprint density at radius 3 is 2.47 bits per heavy atom. The molecule has 1 aromatic rings. The van der Waals surface area contributed by atoms with Gasteiger partial charge in [0.1, 0.15) is 5.69 Å². The first-order chi connectivity index (χ1) is 8.50. The molecule has 0 unspecified atom stereocenters. The molecule has 7 heteroatoms. The van der Waals surface area contributed by atoms with Crippen LogP contribution in [0.25, 0.3) is 0 Å². The first-order valence-electron chi connectivity index (χ1n) is 5.93. The van der Waals surface area contributed by atoms with Gasteiger partial charge >= 0.3 is 5.97 Å². The van der Waals surface area contributed by atoms with E-state index in [2.05, 4.69) is 9.71 Å². The number of anilines is 1. The smallest absolute Gasteiger partial charge is 0.354 e. The van der Waals surface area contributed by atoms with Crippen LogP contribution in [-0.4, -0.2) is 30.2 Å². The molecule has 0 aromatic carbocycles. The van der Waals surface area contributed by atoms with Gasteiger partial charge in [-0.1, -0.05) is 20.8 Å². The molecule has 0 bridgehead atoms. The normalized spacial score (nSPS) is 12.4. The number of H-pyrrole nitrogens is 1. The zero-order valence-corrected chi connectivity index (χ0v) is 12.4. The van der Waals surface area contributed by atoms with Gasteiger partial charge in [-0.2, -0.15) is 0 Å². The van der Waals surface area contributed by atoms with Gasteiger partial charge in [-0.3, -0.25) is 4.72 Å². The maximum Gasteiger partial charge on any atom is 0.354 e. The molecule has 0 atom stereocenters. The Balaban J connectivity index is 2.87. The minimum Gasteiger partial charge on any atom is -0.477 e. The first-order valence-corrected chi connectivity index (χ1v) is 7.59. The summed E-state index contributed by atoms with van der Waals surface area (Å²) in [5.74, 6) is -1.23. The maximum atomic E-state index is 11.9. The lowest BCUT2D eigenvalue weighted by molar-refractivity contribution is 0.0692. The molecular formula is C12H20N2O4S. The summed E-state index contributed by atoms with van der Waals surface area (Å²) in [6.07, 6.45) is 0.494. The first kappa shape index (κ1) is 15.6. The van der Waals surface area contributed by atoms with Crippen LogP contribution < -0.4 is 4.72 Å². The second-order valence-corrected chi connectivity index (χ2v) is 7.62. The standard InChI is InChI=1S/C12H20N2O4S/c1-8-7-9(10(13-8)11(15)16)14-19(17,18)6-5-12(2,3)4/h7,13-14H,5-6H2,1-4H3,(H,15,16). The number of carboxylic acid groups (broad SMARTS) is 1. The SMILES string of the molecule is Cc1cc(NS(=O)(=O)CCC(C)(C)C)c(C(=O)O)[nH]1.